The Labute approximate surface area is 156 Å². The first-order valence-corrected chi connectivity index (χ1v) is 10.2. The van der Waals surface area contributed by atoms with Gasteiger partial charge in [-0.05, 0) is 36.8 Å². The average molecular weight is 354 g/mol. The number of amides is 1. The predicted molar refractivity (Wildman–Crippen MR) is 104 cm³/mol. The molecule has 0 unspecified atom stereocenters. The number of hydrogen-bond donors (Lipinski definition) is 0. The first kappa shape index (κ1) is 17.7. The minimum atomic E-state index is 0.201. The second-order valence-corrected chi connectivity index (χ2v) is 7.84. The summed E-state index contributed by atoms with van der Waals surface area (Å²) in [4.78, 5) is 16.7. The van der Waals surface area contributed by atoms with Crippen LogP contribution in [0.2, 0.25) is 0 Å². The molecule has 1 amide bonds. The van der Waals surface area contributed by atoms with Crippen LogP contribution in [0.25, 0.3) is 6.08 Å². The second-order valence-electron chi connectivity index (χ2n) is 7.84. The van der Waals surface area contributed by atoms with E-state index < -0.39 is 0 Å². The quantitative estimate of drug-likeness (QED) is 0.830. The Hall–Kier alpha value is -1.65. The van der Waals surface area contributed by atoms with Gasteiger partial charge >= 0.3 is 0 Å². The zero-order valence-corrected chi connectivity index (χ0v) is 15.7. The molecule has 0 N–H and O–H groups in total. The van der Waals surface area contributed by atoms with Gasteiger partial charge in [0, 0.05) is 32.2 Å². The summed E-state index contributed by atoms with van der Waals surface area (Å²) in [5.74, 6) is 0.201. The molecule has 4 rings (SSSR count). The molecule has 0 bridgehead atoms. The predicted octanol–water partition coefficient (Wildman–Crippen LogP) is 3.47. The van der Waals surface area contributed by atoms with Crippen LogP contribution in [0, 0.1) is 0 Å². The monoisotopic (exact) mass is 354 g/mol. The summed E-state index contributed by atoms with van der Waals surface area (Å²) in [7, 11) is 0. The van der Waals surface area contributed by atoms with Crippen molar-refractivity contribution >= 4 is 12.0 Å². The van der Waals surface area contributed by atoms with Crippen molar-refractivity contribution in [2.24, 2.45) is 0 Å². The molecule has 0 aromatic heterocycles. The van der Waals surface area contributed by atoms with Crippen molar-refractivity contribution in [1.82, 2.24) is 9.80 Å². The van der Waals surface area contributed by atoms with Gasteiger partial charge in [0.1, 0.15) is 0 Å². The molecule has 1 aromatic carbocycles. The Kier molecular flexibility index (Phi) is 5.71. The van der Waals surface area contributed by atoms with Crippen LogP contribution in [0.15, 0.2) is 29.8 Å². The van der Waals surface area contributed by atoms with E-state index in [1.165, 1.54) is 56.3 Å². The maximum Gasteiger partial charge on any atom is 0.225 e. The fourth-order valence-electron chi connectivity index (χ4n) is 4.13. The van der Waals surface area contributed by atoms with Crippen LogP contribution in [0.4, 0.5) is 0 Å². The zero-order valence-electron chi connectivity index (χ0n) is 15.7. The van der Waals surface area contributed by atoms with Crippen LogP contribution in [0.5, 0.6) is 0 Å². The van der Waals surface area contributed by atoms with Gasteiger partial charge < -0.3 is 9.64 Å². The lowest BCUT2D eigenvalue weighted by Crippen LogP contribution is -2.43. The molecular formula is C22H30N2O2. The van der Waals surface area contributed by atoms with Crippen molar-refractivity contribution in [3.05, 3.63) is 41.0 Å². The van der Waals surface area contributed by atoms with E-state index in [2.05, 4.69) is 35.2 Å². The first-order valence-electron chi connectivity index (χ1n) is 10.2. The van der Waals surface area contributed by atoms with Crippen molar-refractivity contribution in [3.8, 4) is 0 Å². The lowest BCUT2D eigenvalue weighted by molar-refractivity contribution is -0.131. The molecule has 0 radical (unpaired) electrons. The number of piperidine rings is 1. The van der Waals surface area contributed by atoms with Crippen LogP contribution in [-0.4, -0.2) is 54.6 Å². The standard InChI is InChI=1S/C22H30N2O2/c25-22-10-14-26-15-13-24(22)17-20-6-4-18(5-7-20)16-19-8-11-23(12-9-19)21-2-1-3-21/h4-7,16,21H,1-3,8-15,17H2. The van der Waals surface area contributed by atoms with E-state index in [1.807, 2.05) is 4.90 Å². The van der Waals surface area contributed by atoms with Crippen LogP contribution in [0.1, 0.15) is 49.7 Å². The number of ether oxygens (including phenoxy) is 1. The molecule has 3 aliphatic rings. The molecule has 2 saturated heterocycles. The van der Waals surface area contributed by atoms with E-state index in [4.69, 9.17) is 4.74 Å². The highest BCUT2D eigenvalue weighted by Gasteiger charge is 2.26. The topological polar surface area (TPSA) is 32.8 Å². The van der Waals surface area contributed by atoms with Crippen molar-refractivity contribution in [3.63, 3.8) is 0 Å². The smallest absolute Gasteiger partial charge is 0.225 e. The van der Waals surface area contributed by atoms with Crippen LogP contribution >= 0.6 is 0 Å². The van der Waals surface area contributed by atoms with Gasteiger partial charge in [0.15, 0.2) is 0 Å². The fourth-order valence-corrected chi connectivity index (χ4v) is 4.13. The SMILES string of the molecule is O=C1CCOCCN1Cc1ccc(C=C2CCN(C3CCC3)CC2)cc1. The molecule has 0 atom stereocenters. The lowest BCUT2D eigenvalue weighted by atomic mass is 9.89. The van der Waals surface area contributed by atoms with Gasteiger partial charge in [0.2, 0.25) is 5.91 Å². The van der Waals surface area contributed by atoms with Crippen LogP contribution in [-0.2, 0) is 16.1 Å². The first-order chi connectivity index (χ1) is 12.8. The molecule has 140 valence electrons. The Bertz CT molecular complexity index is 639. The third-order valence-corrected chi connectivity index (χ3v) is 6.07. The van der Waals surface area contributed by atoms with Crippen LogP contribution in [0.3, 0.4) is 0 Å². The highest BCUT2D eigenvalue weighted by molar-refractivity contribution is 5.76. The third-order valence-electron chi connectivity index (χ3n) is 6.07. The molecule has 2 aliphatic heterocycles. The summed E-state index contributed by atoms with van der Waals surface area (Å²) in [5.41, 5.74) is 4.06. The Morgan fingerprint density at radius 1 is 1.00 bits per heavy atom. The molecule has 4 heteroatoms. The number of rotatable bonds is 4. The molecule has 2 heterocycles. The average Bonchev–Trinajstić information content (AvgIpc) is 2.81. The van der Waals surface area contributed by atoms with E-state index >= 15 is 0 Å². The third kappa shape index (κ3) is 4.36. The molecule has 0 spiro atoms. The molecule has 1 saturated carbocycles. The second kappa shape index (κ2) is 8.36. The highest BCUT2D eigenvalue weighted by Crippen LogP contribution is 2.29. The fraction of sp³-hybridized carbons (Fsp3) is 0.591. The van der Waals surface area contributed by atoms with Gasteiger partial charge in [0.25, 0.3) is 0 Å². The molecule has 4 nitrogen and oxygen atoms in total. The summed E-state index contributed by atoms with van der Waals surface area (Å²) in [5, 5.41) is 0. The van der Waals surface area contributed by atoms with E-state index in [1.54, 1.807) is 5.57 Å². The summed E-state index contributed by atoms with van der Waals surface area (Å²) < 4.78 is 5.40. The van der Waals surface area contributed by atoms with Crippen molar-refractivity contribution in [1.29, 1.82) is 0 Å². The largest absolute Gasteiger partial charge is 0.379 e. The van der Waals surface area contributed by atoms with Crippen molar-refractivity contribution in [2.75, 3.05) is 32.8 Å². The Morgan fingerprint density at radius 3 is 2.46 bits per heavy atom. The normalized spacial score (nSPS) is 22.8. The van der Waals surface area contributed by atoms with Crippen LogP contribution < -0.4 is 0 Å². The molecule has 1 aromatic rings. The summed E-state index contributed by atoms with van der Waals surface area (Å²) in [6.45, 7) is 5.05. The number of hydrogen-bond acceptors (Lipinski definition) is 3. The zero-order chi connectivity index (χ0) is 17.8. The van der Waals surface area contributed by atoms with E-state index in [-0.39, 0.29) is 5.91 Å². The van der Waals surface area contributed by atoms with Gasteiger partial charge in [-0.25, -0.2) is 0 Å². The van der Waals surface area contributed by atoms with E-state index in [9.17, 15) is 4.79 Å². The van der Waals surface area contributed by atoms with Crippen molar-refractivity contribution in [2.45, 2.75) is 51.1 Å². The molecular weight excluding hydrogens is 324 g/mol. The number of likely N-dealkylation sites (tertiary alicyclic amines) is 1. The number of carbonyl (C=O) groups is 1. The summed E-state index contributed by atoms with van der Waals surface area (Å²) >= 11 is 0. The number of benzene rings is 1. The molecule has 1 aliphatic carbocycles. The maximum absolute atomic E-state index is 12.1. The minimum Gasteiger partial charge on any atom is -0.379 e. The Morgan fingerprint density at radius 2 is 1.77 bits per heavy atom. The van der Waals surface area contributed by atoms with E-state index in [0.717, 1.165) is 6.04 Å². The van der Waals surface area contributed by atoms with Crippen molar-refractivity contribution < 1.29 is 9.53 Å². The Balaban J connectivity index is 1.32. The number of nitrogens with zero attached hydrogens (tertiary/aromatic N) is 2. The van der Waals surface area contributed by atoms with Gasteiger partial charge in [-0.1, -0.05) is 42.3 Å². The summed E-state index contributed by atoms with van der Waals surface area (Å²) in [6.07, 6.45) is 9.53. The van der Waals surface area contributed by atoms with E-state index in [0.29, 0.717) is 32.7 Å². The van der Waals surface area contributed by atoms with Gasteiger partial charge in [0.05, 0.1) is 19.6 Å². The lowest BCUT2D eigenvalue weighted by Gasteiger charge is -2.40. The minimum absolute atomic E-state index is 0.201. The van der Waals surface area contributed by atoms with Gasteiger partial charge in [-0.2, -0.15) is 0 Å². The van der Waals surface area contributed by atoms with Gasteiger partial charge in [-0.3, -0.25) is 9.69 Å². The maximum atomic E-state index is 12.1. The highest BCUT2D eigenvalue weighted by atomic mass is 16.5. The molecule has 3 fully saturated rings. The summed E-state index contributed by atoms with van der Waals surface area (Å²) in [6, 6.07) is 9.59. The number of carbonyl (C=O) groups excluding carboxylic acids is 1. The molecule has 26 heavy (non-hydrogen) atoms. The van der Waals surface area contributed by atoms with Gasteiger partial charge in [-0.15, -0.1) is 0 Å².